The minimum Gasteiger partial charge on any atom is -0.451 e. The van der Waals surface area contributed by atoms with Crippen molar-refractivity contribution >= 4 is 16.9 Å². The van der Waals surface area contributed by atoms with E-state index in [1.54, 1.807) is 7.11 Å². The Balaban J connectivity index is 1.40. The van der Waals surface area contributed by atoms with Gasteiger partial charge in [0.1, 0.15) is 11.2 Å². The van der Waals surface area contributed by atoms with Crippen molar-refractivity contribution in [2.24, 2.45) is 5.92 Å². The molecule has 2 saturated heterocycles. The van der Waals surface area contributed by atoms with Gasteiger partial charge in [0.15, 0.2) is 5.76 Å². The Bertz CT molecular complexity index is 699. The minimum absolute atomic E-state index is 0.0422. The Labute approximate surface area is 141 Å². The Morgan fingerprint density at radius 3 is 3.00 bits per heavy atom. The summed E-state index contributed by atoms with van der Waals surface area (Å²) in [6, 6.07) is 9.52. The third-order valence-corrected chi connectivity index (χ3v) is 5.21. The fourth-order valence-electron chi connectivity index (χ4n) is 3.92. The number of ether oxygens (including phenoxy) is 2. The van der Waals surface area contributed by atoms with Crippen molar-refractivity contribution in [2.45, 2.75) is 24.9 Å². The Hall–Kier alpha value is -1.85. The number of hydrogen-bond donors (Lipinski definition) is 0. The van der Waals surface area contributed by atoms with E-state index in [4.69, 9.17) is 13.9 Å². The molecule has 0 bridgehead atoms. The van der Waals surface area contributed by atoms with Crippen LogP contribution in [0.5, 0.6) is 0 Å². The molecule has 0 N–H and O–H groups in total. The van der Waals surface area contributed by atoms with E-state index in [0.717, 1.165) is 43.4 Å². The first-order valence-electron chi connectivity index (χ1n) is 8.60. The molecular weight excluding hydrogens is 306 g/mol. The fourth-order valence-corrected chi connectivity index (χ4v) is 3.92. The van der Waals surface area contributed by atoms with Crippen LogP contribution in [0.15, 0.2) is 34.7 Å². The number of amides is 1. The summed E-state index contributed by atoms with van der Waals surface area (Å²) < 4.78 is 16.9. The van der Waals surface area contributed by atoms with Crippen LogP contribution < -0.4 is 0 Å². The monoisotopic (exact) mass is 329 g/mol. The first-order chi connectivity index (χ1) is 11.7. The van der Waals surface area contributed by atoms with Crippen molar-refractivity contribution in [3.8, 4) is 0 Å². The number of rotatable bonds is 4. The minimum atomic E-state index is -0.154. The van der Waals surface area contributed by atoms with Crippen LogP contribution >= 0.6 is 0 Å². The van der Waals surface area contributed by atoms with E-state index in [1.165, 1.54) is 0 Å². The molecule has 5 heteroatoms. The second kappa shape index (κ2) is 6.22. The lowest BCUT2D eigenvalue weighted by molar-refractivity contribution is -0.167. The summed E-state index contributed by atoms with van der Waals surface area (Å²) in [5, 5.41) is 0.963. The average molecular weight is 329 g/mol. The molecule has 4 rings (SSSR count). The first kappa shape index (κ1) is 15.7. The highest BCUT2D eigenvalue weighted by Gasteiger charge is 2.49. The zero-order valence-corrected chi connectivity index (χ0v) is 14.0. The van der Waals surface area contributed by atoms with Gasteiger partial charge in [-0.25, -0.2) is 0 Å². The summed E-state index contributed by atoms with van der Waals surface area (Å²) in [4.78, 5) is 14.5. The SMILES string of the molecule is COCC[C@@H]1CCOC2(C1)CN(C(=O)c1cc3ccccc3o1)C2. The number of likely N-dealkylation sites (tertiary alicyclic amines) is 1. The smallest absolute Gasteiger partial charge is 0.289 e. The molecule has 24 heavy (non-hydrogen) atoms. The van der Waals surface area contributed by atoms with Crippen LogP contribution in [0.1, 0.15) is 29.8 Å². The lowest BCUT2D eigenvalue weighted by Crippen LogP contribution is -2.66. The molecule has 0 saturated carbocycles. The molecule has 2 aromatic rings. The van der Waals surface area contributed by atoms with Crippen LogP contribution in [0, 0.1) is 5.92 Å². The Morgan fingerprint density at radius 2 is 2.21 bits per heavy atom. The van der Waals surface area contributed by atoms with Gasteiger partial charge in [0.25, 0.3) is 5.91 Å². The number of hydrogen-bond acceptors (Lipinski definition) is 4. The zero-order chi connectivity index (χ0) is 16.6. The van der Waals surface area contributed by atoms with E-state index < -0.39 is 0 Å². The van der Waals surface area contributed by atoms with Crippen molar-refractivity contribution in [3.05, 3.63) is 36.1 Å². The highest BCUT2D eigenvalue weighted by Crippen LogP contribution is 2.39. The van der Waals surface area contributed by atoms with E-state index in [1.807, 2.05) is 35.2 Å². The van der Waals surface area contributed by atoms with Gasteiger partial charge in [-0.2, -0.15) is 0 Å². The van der Waals surface area contributed by atoms with Crippen molar-refractivity contribution in [2.75, 3.05) is 33.4 Å². The number of carbonyl (C=O) groups excluding carboxylic acids is 1. The molecule has 0 radical (unpaired) electrons. The second-order valence-corrected chi connectivity index (χ2v) is 6.98. The lowest BCUT2D eigenvalue weighted by atomic mass is 9.79. The van der Waals surface area contributed by atoms with Crippen LogP contribution in [-0.2, 0) is 9.47 Å². The van der Waals surface area contributed by atoms with Crippen LogP contribution in [0.4, 0.5) is 0 Å². The molecule has 5 nitrogen and oxygen atoms in total. The molecule has 3 heterocycles. The number of carbonyl (C=O) groups is 1. The number of methoxy groups -OCH3 is 1. The predicted molar refractivity (Wildman–Crippen MR) is 90.0 cm³/mol. The zero-order valence-electron chi connectivity index (χ0n) is 14.0. The average Bonchev–Trinajstić information content (AvgIpc) is 3.01. The molecule has 2 fully saturated rings. The van der Waals surface area contributed by atoms with Gasteiger partial charge in [0.2, 0.25) is 0 Å². The van der Waals surface area contributed by atoms with E-state index in [-0.39, 0.29) is 11.5 Å². The second-order valence-electron chi connectivity index (χ2n) is 6.98. The number of furan rings is 1. The van der Waals surface area contributed by atoms with Gasteiger partial charge in [-0.3, -0.25) is 4.79 Å². The van der Waals surface area contributed by atoms with Crippen LogP contribution in [0.3, 0.4) is 0 Å². The van der Waals surface area contributed by atoms with Crippen molar-refractivity contribution < 1.29 is 18.7 Å². The van der Waals surface area contributed by atoms with Crippen LogP contribution in [0.25, 0.3) is 11.0 Å². The molecule has 2 aliphatic heterocycles. The topological polar surface area (TPSA) is 51.9 Å². The molecule has 0 aliphatic carbocycles. The third-order valence-electron chi connectivity index (χ3n) is 5.21. The van der Waals surface area contributed by atoms with E-state index >= 15 is 0 Å². The van der Waals surface area contributed by atoms with Crippen molar-refractivity contribution in [1.29, 1.82) is 0 Å². The van der Waals surface area contributed by atoms with Gasteiger partial charge in [-0.05, 0) is 37.3 Å². The van der Waals surface area contributed by atoms with E-state index in [2.05, 4.69) is 0 Å². The van der Waals surface area contributed by atoms with Gasteiger partial charge in [0, 0.05) is 25.7 Å². The Kier molecular flexibility index (Phi) is 4.06. The maximum absolute atomic E-state index is 12.6. The lowest BCUT2D eigenvalue weighted by Gasteiger charge is -2.53. The number of nitrogens with zero attached hydrogens (tertiary/aromatic N) is 1. The molecular formula is C19H23NO4. The van der Waals surface area contributed by atoms with Gasteiger partial charge in [-0.15, -0.1) is 0 Å². The van der Waals surface area contributed by atoms with Gasteiger partial charge < -0.3 is 18.8 Å². The molecule has 1 aromatic carbocycles. The molecule has 1 aromatic heterocycles. The summed E-state index contributed by atoms with van der Waals surface area (Å²) in [5.41, 5.74) is 0.600. The van der Waals surface area contributed by atoms with Gasteiger partial charge >= 0.3 is 0 Å². The summed E-state index contributed by atoms with van der Waals surface area (Å²) in [7, 11) is 1.74. The fraction of sp³-hybridized carbons (Fsp3) is 0.526. The highest BCUT2D eigenvalue weighted by atomic mass is 16.5. The molecule has 128 valence electrons. The standard InChI is InChI=1S/C19H23NO4/c1-22-8-6-14-7-9-23-19(11-14)12-20(13-19)18(21)17-10-15-4-2-3-5-16(15)24-17/h2-5,10,14H,6-9,11-13H2,1H3/t14-/m1/s1. The predicted octanol–water partition coefficient (Wildman–Crippen LogP) is 3.09. The molecule has 1 amide bonds. The molecule has 1 atom stereocenters. The number of fused-ring (bicyclic) bond motifs is 1. The van der Waals surface area contributed by atoms with Crippen LogP contribution in [-0.4, -0.2) is 49.8 Å². The largest absolute Gasteiger partial charge is 0.451 e. The quantitative estimate of drug-likeness (QED) is 0.865. The van der Waals surface area contributed by atoms with Gasteiger partial charge in [0.05, 0.1) is 13.1 Å². The number of para-hydroxylation sites is 1. The Morgan fingerprint density at radius 1 is 1.38 bits per heavy atom. The summed E-state index contributed by atoms with van der Waals surface area (Å²) in [6.07, 6.45) is 3.17. The summed E-state index contributed by atoms with van der Waals surface area (Å²) in [5.74, 6) is 0.999. The van der Waals surface area contributed by atoms with Crippen LogP contribution in [0.2, 0.25) is 0 Å². The molecule has 2 aliphatic rings. The van der Waals surface area contributed by atoms with Crippen molar-refractivity contribution in [1.82, 2.24) is 4.90 Å². The van der Waals surface area contributed by atoms with Gasteiger partial charge in [-0.1, -0.05) is 18.2 Å². The maximum atomic E-state index is 12.6. The normalized spacial score (nSPS) is 22.7. The van der Waals surface area contributed by atoms with Crippen molar-refractivity contribution in [3.63, 3.8) is 0 Å². The summed E-state index contributed by atoms with van der Waals surface area (Å²) >= 11 is 0. The number of benzene rings is 1. The van der Waals surface area contributed by atoms with E-state index in [0.29, 0.717) is 24.8 Å². The maximum Gasteiger partial charge on any atom is 0.289 e. The third kappa shape index (κ3) is 2.82. The molecule has 0 unspecified atom stereocenters. The van der Waals surface area contributed by atoms with E-state index in [9.17, 15) is 4.79 Å². The summed E-state index contributed by atoms with van der Waals surface area (Å²) in [6.45, 7) is 2.89. The first-order valence-corrected chi connectivity index (χ1v) is 8.60. The highest BCUT2D eigenvalue weighted by molar-refractivity contribution is 5.96. The molecule has 1 spiro atoms.